The Morgan fingerprint density at radius 1 is 1.50 bits per heavy atom. The summed E-state index contributed by atoms with van der Waals surface area (Å²) in [5.74, 6) is -0.202. The topological polar surface area (TPSA) is 111 Å². The lowest BCUT2D eigenvalue weighted by Crippen LogP contribution is -2.33. The summed E-state index contributed by atoms with van der Waals surface area (Å²) in [6.45, 7) is 3.08. The molecule has 0 bridgehead atoms. The van der Waals surface area contributed by atoms with E-state index in [1.54, 1.807) is 6.92 Å². The summed E-state index contributed by atoms with van der Waals surface area (Å²) in [5.41, 5.74) is 1.55. The molecule has 2 rings (SSSR count). The van der Waals surface area contributed by atoms with Crippen molar-refractivity contribution >= 4 is 22.8 Å². The highest BCUT2D eigenvalue weighted by Crippen LogP contribution is 2.21. The van der Waals surface area contributed by atoms with Crippen LogP contribution < -0.4 is 5.32 Å². The molecule has 2 aromatic heterocycles. The van der Waals surface area contributed by atoms with Crippen molar-refractivity contribution in [2.45, 2.75) is 19.9 Å². The summed E-state index contributed by atoms with van der Waals surface area (Å²) in [7, 11) is 0. The molecular formula is C11H14N4O3. The molecule has 0 radical (unpaired) electrons. The molecule has 96 valence electrons. The second kappa shape index (κ2) is 4.61. The van der Waals surface area contributed by atoms with E-state index in [1.807, 2.05) is 13.0 Å². The number of carbonyl (C=O) groups is 1. The molecule has 2 aromatic rings. The molecule has 0 amide bonds. The molecule has 0 aromatic carbocycles. The average Bonchev–Trinajstić information content (AvgIpc) is 2.65. The highest BCUT2D eigenvalue weighted by molar-refractivity contribution is 5.90. The van der Waals surface area contributed by atoms with Crippen LogP contribution in [0, 0.1) is 13.8 Å². The first-order valence-electron chi connectivity index (χ1n) is 5.45. The van der Waals surface area contributed by atoms with Crippen LogP contribution in [-0.2, 0) is 4.79 Å². The Kier molecular flexibility index (Phi) is 3.15. The number of rotatable bonds is 4. The van der Waals surface area contributed by atoms with Gasteiger partial charge in [0.1, 0.15) is 23.3 Å². The Hall–Kier alpha value is -2.15. The molecule has 0 saturated carbocycles. The van der Waals surface area contributed by atoms with Crippen LogP contribution in [-0.4, -0.2) is 43.8 Å². The number of aliphatic hydroxyl groups is 1. The van der Waals surface area contributed by atoms with Crippen LogP contribution in [0.4, 0.5) is 5.82 Å². The number of hydrogen-bond acceptors (Lipinski definition) is 5. The first-order chi connectivity index (χ1) is 8.51. The van der Waals surface area contributed by atoms with Crippen LogP contribution in [0.3, 0.4) is 0 Å². The number of hydrogen-bond donors (Lipinski definition) is 4. The van der Waals surface area contributed by atoms with E-state index in [0.717, 1.165) is 5.69 Å². The number of nitrogens with zero attached hydrogens (tertiary/aromatic N) is 2. The van der Waals surface area contributed by atoms with Crippen LogP contribution in [0.2, 0.25) is 0 Å². The number of anilines is 1. The summed E-state index contributed by atoms with van der Waals surface area (Å²) in [4.78, 5) is 22.3. The van der Waals surface area contributed by atoms with Gasteiger partial charge in [-0.2, -0.15) is 0 Å². The number of fused-ring (bicyclic) bond motifs is 1. The van der Waals surface area contributed by atoms with Crippen molar-refractivity contribution in [3.8, 4) is 0 Å². The number of aromatic nitrogens is 3. The van der Waals surface area contributed by atoms with Crippen molar-refractivity contribution in [3.05, 3.63) is 17.6 Å². The third-order valence-electron chi connectivity index (χ3n) is 2.53. The van der Waals surface area contributed by atoms with E-state index >= 15 is 0 Å². The maximum absolute atomic E-state index is 10.9. The van der Waals surface area contributed by atoms with Crippen LogP contribution in [0.5, 0.6) is 0 Å². The molecule has 2 heterocycles. The molecular weight excluding hydrogens is 236 g/mol. The molecule has 18 heavy (non-hydrogen) atoms. The van der Waals surface area contributed by atoms with E-state index in [9.17, 15) is 4.79 Å². The van der Waals surface area contributed by atoms with Crippen molar-refractivity contribution in [1.82, 2.24) is 15.0 Å². The quantitative estimate of drug-likeness (QED) is 0.626. The predicted molar refractivity (Wildman–Crippen MR) is 65.5 cm³/mol. The van der Waals surface area contributed by atoms with Gasteiger partial charge in [-0.1, -0.05) is 0 Å². The smallest absolute Gasteiger partial charge is 0.328 e. The fourth-order valence-corrected chi connectivity index (χ4v) is 1.71. The second-order valence-electron chi connectivity index (χ2n) is 4.05. The van der Waals surface area contributed by atoms with Crippen molar-refractivity contribution < 1.29 is 15.0 Å². The molecule has 0 saturated heterocycles. The second-order valence-corrected chi connectivity index (χ2v) is 4.05. The van der Waals surface area contributed by atoms with E-state index in [4.69, 9.17) is 10.2 Å². The summed E-state index contributed by atoms with van der Waals surface area (Å²) in [5, 5.41) is 21.3. The van der Waals surface area contributed by atoms with Gasteiger partial charge < -0.3 is 20.5 Å². The molecule has 0 aliphatic carbocycles. The third-order valence-corrected chi connectivity index (χ3v) is 2.53. The Morgan fingerprint density at radius 3 is 2.83 bits per heavy atom. The van der Waals surface area contributed by atoms with Gasteiger partial charge in [-0.05, 0) is 19.9 Å². The van der Waals surface area contributed by atoms with E-state index in [0.29, 0.717) is 22.7 Å². The molecule has 0 spiro atoms. The van der Waals surface area contributed by atoms with E-state index in [-0.39, 0.29) is 0 Å². The van der Waals surface area contributed by atoms with Gasteiger partial charge in [-0.3, -0.25) is 0 Å². The van der Waals surface area contributed by atoms with Crippen LogP contribution in [0.15, 0.2) is 6.07 Å². The SMILES string of the molecule is Cc1nc(NC(CO)C(=O)O)c2cc(C)[nH]c2n1. The minimum atomic E-state index is -1.13. The van der Waals surface area contributed by atoms with Crippen molar-refractivity contribution in [3.63, 3.8) is 0 Å². The molecule has 4 N–H and O–H groups in total. The monoisotopic (exact) mass is 250 g/mol. The van der Waals surface area contributed by atoms with E-state index in [2.05, 4.69) is 20.3 Å². The van der Waals surface area contributed by atoms with Gasteiger partial charge in [-0.15, -0.1) is 0 Å². The van der Waals surface area contributed by atoms with Crippen molar-refractivity contribution in [2.24, 2.45) is 0 Å². The van der Waals surface area contributed by atoms with Gasteiger partial charge in [-0.25, -0.2) is 14.8 Å². The number of aromatic amines is 1. The van der Waals surface area contributed by atoms with Gasteiger partial charge >= 0.3 is 5.97 Å². The number of aliphatic carboxylic acids is 1. The number of H-pyrrole nitrogens is 1. The van der Waals surface area contributed by atoms with Crippen molar-refractivity contribution in [2.75, 3.05) is 11.9 Å². The minimum Gasteiger partial charge on any atom is -0.480 e. The van der Waals surface area contributed by atoms with Crippen molar-refractivity contribution in [1.29, 1.82) is 0 Å². The number of aliphatic hydroxyl groups excluding tert-OH is 1. The number of carboxylic acid groups (broad SMARTS) is 1. The Balaban J connectivity index is 2.46. The van der Waals surface area contributed by atoms with Crippen LogP contribution >= 0.6 is 0 Å². The zero-order valence-corrected chi connectivity index (χ0v) is 10.1. The lowest BCUT2D eigenvalue weighted by Gasteiger charge is -2.13. The van der Waals surface area contributed by atoms with Gasteiger partial charge in [0.25, 0.3) is 0 Å². The average molecular weight is 250 g/mol. The van der Waals surface area contributed by atoms with E-state index < -0.39 is 18.6 Å². The fourth-order valence-electron chi connectivity index (χ4n) is 1.71. The van der Waals surface area contributed by atoms with Crippen LogP contribution in [0.25, 0.3) is 11.0 Å². The maximum Gasteiger partial charge on any atom is 0.328 e. The number of carboxylic acids is 1. The maximum atomic E-state index is 10.9. The molecule has 0 aliphatic rings. The molecule has 7 heteroatoms. The summed E-state index contributed by atoms with van der Waals surface area (Å²) in [6.07, 6.45) is 0. The minimum absolute atomic E-state index is 0.406. The Labute approximate surface area is 103 Å². The zero-order valence-electron chi connectivity index (χ0n) is 10.1. The number of aryl methyl sites for hydroxylation is 2. The molecule has 7 nitrogen and oxygen atoms in total. The highest BCUT2D eigenvalue weighted by Gasteiger charge is 2.18. The molecule has 0 fully saturated rings. The largest absolute Gasteiger partial charge is 0.480 e. The van der Waals surface area contributed by atoms with Gasteiger partial charge in [0.15, 0.2) is 0 Å². The predicted octanol–water partition coefficient (Wildman–Crippen LogP) is 0.432. The molecule has 1 atom stereocenters. The Bertz CT molecular complexity index is 593. The van der Waals surface area contributed by atoms with Gasteiger partial charge in [0, 0.05) is 5.69 Å². The lowest BCUT2D eigenvalue weighted by atomic mass is 10.3. The van der Waals surface area contributed by atoms with E-state index in [1.165, 1.54) is 0 Å². The molecule has 0 aliphatic heterocycles. The molecule has 1 unspecified atom stereocenters. The fraction of sp³-hybridized carbons (Fsp3) is 0.364. The summed E-state index contributed by atoms with van der Waals surface area (Å²) < 4.78 is 0. The highest BCUT2D eigenvalue weighted by atomic mass is 16.4. The number of nitrogens with one attached hydrogen (secondary N) is 2. The zero-order chi connectivity index (χ0) is 13.3. The summed E-state index contributed by atoms with van der Waals surface area (Å²) in [6, 6.07) is 0.741. The third kappa shape index (κ3) is 2.25. The normalized spacial score (nSPS) is 12.6. The van der Waals surface area contributed by atoms with Gasteiger partial charge in [0.2, 0.25) is 0 Å². The van der Waals surface area contributed by atoms with Gasteiger partial charge in [0.05, 0.1) is 12.0 Å². The first kappa shape index (κ1) is 12.3. The Morgan fingerprint density at radius 2 is 2.22 bits per heavy atom. The summed E-state index contributed by atoms with van der Waals surface area (Å²) >= 11 is 0. The standard InChI is InChI=1S/C11H14N4O3/c1-5-3-7-9(12-5)13-6(2)14-10(7)15-8(4-16)11(17)18/h3,8,16H,4H2,1-2H3,(H,17,18)(H2,12,13,14,15). The van der Waals surface area contributed by atoms with Crippen LogP contribution in [0.1, 0.15) is 11.5 Å². The first-order valence-corrected chi connectivity index (χ1v) is 5.45. The lowest BCUT2D eigenvalue weighted by molar-refractivity contribution is -0.138.